The third-order valence-electron chi connectivity index (χ3n) is 8.27. The Morgan fingerprint density at radius 1 is 0.857 bits per heavy atom. The molecular formula is C34H30O8. The molecular weight excluding hydrogens is 536 g/mol. The molecule has 4 aromatic rings. The van der Waals surface area contributed by atoms with Gasteiger partial charge in [-0.15, -0.1) is 0 Å². The van der Waals surface area contributed by atoms with Crippen LogP contribution in [0.15, 0.2) is 97.1 Å². The molecule has 0 saturated heterocycles. The van der Waals surface area contributed by atoms with E-state index in [4.69, 9.17) is 23.7 Å². The zero-order valence-electron chi connectivity index (χ0n) is 23.4. The second-order valence-electron chi connectivity index (χ2n) is 10.3. The van der Waals surface area contributed by atoms with Crippen LogP contribution in [0.4, 0.5) is 0 Å². The van der Waals surface area contributed by atoms with E-state index in [1.807, 2.05) is 60.7 Å². The summed E-state index contributed by atoms with van der Waals surface area (Å²) in [6, 6.07) is 29.0. The van der Waals surface area contributed by atoms with Crippen LogP contribution in [0.3, 0.4) is 0 Å². The number of fused-ring (bicyclic) bond motifs is 2. The summed E-state index contributed by atoms with van der Waals surface area (Å²) >= 11 is 0. The average molecular weight is 567 g/mol. The maximum atomic E-state index is 14.5. The number of rotatable bonds is 8. The van der Waals surface area contributed by atoms with Crippen LogP contribution >= 0.6 is 0 Å². The van der Waals surface area contributed by atoms with Crippen molar-refractivity contribution in [2.75, 3.05) is 21.3 Å². The van der Waals surface area contributed by atoms with E-state index in [0.29, 0.717) is 22.6 Å². The van der Waals surface area contributed by atoms with E-state index in [2.05, 4.69) is 0 Å². The first kappa shape index (κ1) is 27.4. The van der Waals surface area contributed by atoms with E-state index >= 15 is 0 Å². The molecule has 4 atom stereocenters. The molecule has 1 N–H and O–H groups in total. The van der Waals surface area contributed by atoms with Gasteiger partial charge < -0.3 is 28.8 Å². The highest BCUT2D eigenvalue weighted by molar-refractivity contribution is 6.13. The first-order chi connectivity index (χ1) is 20.4. The van der Waals surface area contributed by atoms with Crippen LogP contribution in [-0.2, 0) is 21.7 Å². The number of carbonyl (C=O) groups is 2. The quantitative estimate of drug-likeness (QED) is 0.295. The summed E-state index contributed by atoms with van der Waals surface area (Å²) in [7, 11) is 4.21. The van der Waals surface area contributed by atoms with Gasteiger partial charge in [0.25, 0.3) is 0 Å². The molecule has 0 radical (unpaired) electrons. The van der Waals surface area contributed by atoms with Gasteiger partial charge in [0.2, 0.25) is 5.78 Å². The number of methoxy groups -OCH3 is 3. The molecule has 1 aliphatic heterocycles. The number of carbonyl (C=O) groups excluding carboxylic acids is 2. The first-order valence-corrected chi connectivity index (χ1v) is 13.5. The monoisotopic (exact) mass is 566 g/mol. The highest BCUT2D eigenvalue weighted by Gasteiger charge is 2.82. The van der Waals surface area contributed by atoms with Crippen molar-refractivity contribution in [3.63, 3.8) is 0 Å². The normalized spacial score (nSPS) is 23.9. The van der Waals surface area contributed by atoms with Crippen molar-refractivity contribution < 1.29 is 38.4 Å². The number of ketones is 1. The molecule has 0 spiro atoms. The largest absolute Gasteiger partial charge is 0.497 e. The number of benzene rings is 4. The fraction of sp³-hybridized carbons (Fsp3) is 0.235. The molecule has 8 nitrogen and oxygen atoms in total. The van der Waals surface area contributed by atoms with Crippen molar-refractivity contribution >= 4 is 11.8 Å². The molecule has 214 valence electrons. The van der Waals surface area contributed by atoms with Crippen LogP contribution in [0.1, 0.15) is 33.0 Å². The highest BCUT2D eigenvalue weighted by atomic mass is 16.5. The Morgan fingerprint density at radius 3 is 2.14 bits per heavy atom. The molecule has 0 amide bonds. The van der Waals surface area contributed by atoms with Gasteiger partial charge in [-0.1, -0.05) is 72.8 Å². The summed E-state index contributed by atoms with van der Waals surface area (Å²) in [6.45, 7) is 0.279. The van der Waals surface area contributed by atoms with Gasteiger partial charge in [-0.05, 0) is 28.8 Å². The molecule has 1 aliphatic carbocycles. The lowest BCUT2D eigenvalue weighted by atomic mass is 9.44. The molecule has 1 fully saturated rings. The summed E-state index contributed by atoms with van der Waals surface area (Å²) in [6.07, 6.45) is 0. The Hall–Kier alpha value is -4.82. The highest BCUT2D eigenvalue weighted by Crippen LogP contribution is 2.69. The van der Waals surface area contributed by atoms with Gasteiger partial charge in [-0.2, -0.15) is 0 Å². The minimum Gasteiger partial charge on any atom is -0.497 e. The number of Topliss-reactive ketones (excluding diaryl/α,β-unsaturated/α-hetero) is 1. The van der Waals surface area contributed by atoms with Crippen molar-refractivity contribution in [3.05, 3.63) is 119 Å². The fourth-order valence-corrected chi connectivity index (χ4v) is 6.34. The average Bonchev–Trinajstić information content (AvgIpc) is 3.04. The molecule has 0 aromatic heterocycles. The standard InChI is InChI=1S/C34H30O8/c1-38-24-16-14-23(15-17-24)34-29(22-12-8-5-9-13-22)30(32(36)40-3)33(34,37)31(35)28-26(39-2)18-25(19-27(28)42-34)41-20-21-10-6-4-7-11-21/h4-19,29-30,37H,20H2,1-3H3. The molecule has 8 heteroatoms. The number of hydrogen-bond donors (Lipinski definition) is 1. The van der Waals surface area contributed by atoms with Gasteiger partial charge in [0.05, 0.1) is 21.3 Å². The molecule has 4 unspecified atom stereocenters. The van der Waals surface area contributed by atoms with E-state index < -0.39 is 34.8 Å². The van der Waals surface area contributed by atoms with Crippen molar-refractivity contribution in [2.24, 2.45) is 5.92 Å². The zero-order valence-corrected chi connectivity index (χ0v) is 23.4. The van der Waals surface area contributed by atoms with E-state index in [-0.39, 0.29) is 23.7 Å². The van der Waals surface area contributed by atoms with Crippen molar-refractivity contribution in [3.8, 4) is 23.0 Å². The Morgan fingerprint density at radius 2 is 1.52 bits per heavy atom. The predicted molar refractivity (Wildman–Crippen MR) is 153 cm³/mol. The molecule has 4 aromatic carbocycles. The van der Waals surface area contributed by atoms with Crippen LogP contribution in [0.25, 0.3) is 0 Å². The number of hydrogen-bond acceptors (Lipinski definition) is 8. The molecule has 6 rings (SSSR count). The van der Waals surface area contributed by atoms with E-state index in [9.17, 15) is 14.7 Å². The summed E-state index contributed by atoms with van der Waals surface area (Å²) in [4.78, 5) is 27.8. The minimum atomic E-state index is -2.32. The molecule has 2 aliphatic rings. The Kier molecular flexibility index (Phi) is 6.86. The van der Waals surface area contributed by atoms with Gasteiger partial charge in [0.1, 0.15) is 41.1 Å². The number of esters is 1. The molecule has 1 saturated carbocycles. The fourth-order valence-electron chi connectivity index (χ4n) is 6.34. The third kappa shape index (κ3) is 3.94. The van der Waals surface area contributed by atoms with Gasteiger partial charge in [0, 0.05) is 18.1 Å². The van der Waals surface area contributed by atoms with Crippen LogP contribution < -0.4 is 18.9 Å². The lowest BCUT2D eigenvalue weighted by molar-refractivity contribution is -0.251. The number of aliphatic hydroxyl groups is 1. The van der Waals surface area contributed by atoms with Gasteiger partial charge in [-0.3, -0.25) is 9.59 Å². The lowest BCUT2D eigenvalue weighted by Gasteiger charge is -2.65. The Balaban J connectivity index is 1.55. The van der Waals surface area contributed by atoms with E-state index in [1.165, 1.54) is 14.2 Å². The van der Waals surface area contributed by atoms with Crippen LogP contribution in [0.5, 0.6) is 23.0 Å². The summed E-state index contributed by atoms with van der Waals surface area (Å²) in [5.74, 6) is -2.13. The number of ether oxygens (including phenoxy) is 5. The molecule has 42 heavy (non-hydrogen) atoms. The lowest BCUT2D eigenvalue weighted by Crippen LogP contribution is -2.80. The Bertz CT molecular complexity index is 1620. The zero-order chi connectivity index (χ0) is 29.5. The van der Waals surface area contributed by atoms with Gasteiger partial charge in [-0.25, -0.2) is 0 Å². The van der Waals surface area contributed by atoms with Crippen molar-refractivity contribution in [2.45, 2.75) is 23.7 Å². The first-order valence-electron chi connectivity index (χ1n) is 13.5. The summed E-state index contributed by atoms with van der Waals surface area (Å²) in [5, 5.41) is 12.5. The van der Waals surface area contributed by atoms with Crippen LogP contribution in [-0.4, -0.2) is 43.8 Å². The predicted octanol–water partition coefficient (Wildman–Crippen LogP) is 5.07. The maximum absolute atomic E-state index is 14.5. The van der Waals surface area contributed by atoms with E-state index in [1.54, 1.807) is 43.5 Å². The SMILES string of the molecule is COC(=O)C1C(c2ccccc2)C2(c3ccc(OC)cc3)Oc3cc(OCc4ccccc4)cc(OC)c3C(=O)C12O. The third-order valence-corrected chi connectivity index (χ3v) is 8.27. The molecule has 1 heterocycles. The molecule has 0 bridgehead atoms. The maximum Gasteiger partial charge on any atom is 0.313 e. The summed E-state index contributed by atoms with van der Waals surface area (Å²) in [5.41, 5.74) is -1.83. The van der Waals surface area contributed by atoms with E-state index in [0.717, 1.165) is 5.56 Å². The van der Waals surface area contributed by atoms with Crippen LogP contribution in [0, 0.1) is 5.92 Å². The topological polar surface area (TPSA) is 101 Å². The van der Waals surface area contributed by atoms with Crippen LogP contribution in [0.2, 0.25) is 0 Å². The van der Waals surface area contributed by atoms with Crippen molar-refractivity contribution in [1.82, 2.24) is 0 Å². The van der Waals surface area contributed by atoms with Crippen molar-refractivity contribution in [1.29, 1.82) is 0 Å². The minimum absolute atomic E-state index is 0.0246. The summed E-state index contributed by atoms with van der Waals surface area (Å²) < 4.78 is 29.0. The smallest absolute Gasteiger partial charge is 0.313 e. The second-order valence-corrected chi connectivity index (χ2v) is 10.3. The Labute approximate surface area is 243 Å². The second kappa shape index (κ2) is 10.5. The van der Waals surface area contributed by atoms with Gasteiger partial charge in [0.15, 0.2) is 11.2 Å². The van der Waals surface area contributed by atoms with Gasteiger partial charge >= 0.3 is 5.97 Å².